The van der Waals surface area contributed by atoms with Gasteiger partial charge in [0.1, 0.15) is 18.3 Å². The molecule has 0 aromatic heterocycles. The van der Waals surface area contributed by atoms with Crippen molar-refractivity contribution in [3.63, 3.8) is 0 Å². The number of ether oxygens (including phenoxy) is 5. The maximum Gasteiger partial charge on any atom is 0.256 e. The molecule has 7 nitrogen and oxygen atoms in total. The molecule has 0 aliphatic carbocycles. The first kappa shape index (κ1) is 18.8. The van der Waals surface area contributed by atoms with E-state index in [0.29, 0.717) is 0 Å². The molecule has 1 amide bonds. The Hall–Kier alpha value is -1.51. The van der Waals surface area contributed by atoms with Crippen molar-refractivity contribution in [2.24, 2.45) is 0 Å². The molecule has 0 unspecified atom stereocenters. The van der Waals surface area contributed by atoms with E-state index in [1.807, 2.05) is 53.7 Å². The van der Waals surface area contributed by atoms with Crippen molar-refractivity contribution < 1.29 is 28.5 Å². The Morgan fingerprint density at radius 1 is 0.852 bits per heavy atom. The van der Waals surface area contributed by atoms with Gasteiger partial charge >= 0.3 is 0 Å². The first-order valence-corrected chi connectivity index (χ1v) is 9.29. The van der Waals surface area contributed by atoms with Crippen molar-refractivity contribution in [3.8, 4) is 0 Å². The van der Waals surface area contributed by atoms with Gasteiger partial charge in [-0.2, -0.15) is 0 Å². The van der Waals surface area contributed by atoms with Gasteiger partial charge in [-0.25, -0.2) is 0 Å². The second-order valence-corrected chi connectivity index (χ2v) is 8.46. The zero-order chi connectivity index (χ0) is 19.6. The summed E-state index contributed by atoms with van der Waals surface area (Å²) in [5.41, 5.74) is 2.87. The van der Waals surface area contributed by atoms with Crippen LogP contribution in [0.4, 0.5) is 5.69 Å². The van der Waals surface area contributed by atoms with Gasteiger partial charge in [0.2, 0.25) is 0 Å². The minimum Gasteiger partial charge on any atom is -0.342 e. The molecule has 27 heavy (non-hydrogen) atoms. The van der Waals surface area contributed by atoms with Crippen LogP contribution in [0.5, 0.6) is 0 Å². The van der Waals surface area contributed by atoms with Crippen molar-refractivity contribution in [2.45, 2.75) is 83.8 Å². The van der Waals surface area contributed by atoms with E-state index in [4.69, 9.17) is 23.7 Å². The van der Waals surface area contributed by atoms with E-state index < -0.39 is 42.3 Å². The first-order chi connectivity index (χ1) is 12.5. The minimum atomic E-state index is -0.864. The third kappa shape index (κ3) is 3.62. The van der Waals surface area contributed by atoms with Crippen LogP contribution in [0.3, 0.4) is 0 Å². The number of anilines is 1. The smallest absolute Gasteiger partial charge is 0.256 e. The quantitative estimate of drug-likeness (QED) is 0.854. The highest BCUT2D eigenvalue weighted by atomic mass is 16.9. The van der Waals surface area contributed by atoms with Gasteiger partial charge in [-0.3, -0.25) is 4.79 Å². The monoisotopic (exact) mass is 377 g/mol. The summed E-state index contributed by atoms with van der Waals surface area (Å²) in [6, 6.07) is 5.89. The third-order valence-electron chi connectivity index (χ3n) is 4.90. The van der Waals surface area contributed by atoms with E-state index in [-0.39, 0.29) is 5.91 Å². The molecule has 3 heterocycles. The zero-order valence-electron chi connectivity index (χ0n) is 16.6. The summed E-state index contributed by atoms with van der Waals surface area (Å²) in [7, 11) is 0. The first-order valence-electron chi connectivity index (χ1n) is 9.29. The van der Waals surface area contributed by atoms with Gasteiger partial charge < -0.3 is 29.0 Å². The number of aryl methyl sites for hydroxylation is 2. The number of carbonyl (C=O) groups excluding carboxylic acids is 1. The molecule has 5 atom stereocenters. The standard InChI is InChI=1S/C20H27NO6/c1-10-7-11(2)9-12(8-10)21-17(22)15-13-14(25-19(3,4)24-13)16-18(23-15)27-20(5,6)26-16/h7-9,13-16,18H,1-6H3,(H,21,22)/t13-,14+,15+,16+,18+/m0/s1. The molecule has 0 radical (unpaired) electrons. The van der Waals surface area contributed by atoms with Crippen molar-refractivity contribution >= 4 is 11.6 Å². The second kappa shape index (κ2) is 6.25. The highest BCUT2D eigenvalue weighted by molar-refractivity contribution is 5.95. The fraction of sp³-hybridized carbons (Fsp3) is 0.650. The van der Waals surface area contributed by atoms with Gasteiger partial charge in [0.15, 0.2) is 24.0 Å². The van der Waals surface area contributed by atoms with Crippen LogP contribution in [-0.4, -0.2) is 48.2 Å². The molecule has 3 aliphatic heterocycles. The summed E-state index contributed by atoms with van der Waals surface area (Å²) in [5.74, 6) is -1.93. The molecule has 0 bridgehead atoms. The molecule has 148 valence electrons. The molecule has 1 aromatic carbocycles. The van der Waals surface area contributed by atoms with Crippen LogP contribution in [0.25, 0.3) is 0 Å². The molecule has 3 aliphatic rings. The van der Waals surface area contributed by atoms with Gasteiger partial charge in [0, 0.05) is 5.69 Å². The van der Waals surface area contributed by atoms with Crippen LogP contribution in [0.15, 0.2) is 18.2 Å². The fourth-order valence-corrected chi connectivity index (χ4v) is 4.08. The Kier molecular flexibility index (Phi) is 4.36. The molecule has 7 heteroatoms. The third-order valence-corrected chi connectivity index (χ3v) is 4.90. The summed E-state index contributed by atoms with van der Waals surface area (Å²) in [4.78, 5) is 13.0. The SMILES string of the molecule is Cc1cc(C)cc(NC(=O)[C@@H]2O[C@@H]3OC(C)(C)O[C@@H]3[C@@H]3OC(C)(C)O[C@@H]32)c1. The maximum absolute atomic E-state index is 13.0. The molecule has 1 aromatic rings. The van der Waals surface area contributed by atoms with Gasteiger partial charge in [0.25, 0.3) is 5.91 Å². The summed E-state index contributed by atoms with van der Waals surface area (Å²) < 4.78 is 29.8. The summed E-state index contributed by atoms with van der Waals surface area (Å²) in [5, 5.41) is 2.94. The fourth-order valence-electron chi connectivity index (χ4n) is 4.08. The van der Waals surface area contributed by atoms with Crippen LogP contribution < -0.4 is 5.32 Å². The predicted molar refractivity (Wildman–Crippen MR) is 97.1 cm³/mol. The van der Waals surface area contributed by atoms with Crippen molar-refractivity contribution in [2.75, 3.05) is 5.32 Å². The van der Waals surface area contributed by atoms with E-state index in [9.17, 15) is 4.79 Å². The number of hydrogen-bond donors (Lipinski definition) is 1. The van der Waals surface area contributed by atoms with E-state index in [1.54, 1.807) is 0 Å². The Morgan fingerprint density at radius 2 is 1.41 bits per heavy atom. The number of amides is 1. The predicted octanol–water partition coefficient (Wildman–Crippen LogP) is 2.64. The molecule has 4 rings (SSSR count). The van der Waals surface area contributed by atoms with E-state index >= 15 is 0 Å². The molecule has 0 spiro atoms. The van der Waals surface area contributed by atoms with Crippen LogP contribution in [0, 0.1) is 13.8 Å². The lowest BCUT2D eigenvalue weighted by Gasteiger charge is -2.36. The number of carbonyl (C=O) groups is 1. The molecule has 1 N–H and O–H groups in total. The molecule has 3 saturated heterocycles. The van der Waals surface area contributed by atoms with Crippen molar-refractivity contribution in [3.05, 3.63) is 29.3 Å². The normalized spacial score (nSPS) is 36.1. The van der Waals surface area contributed by atoms with Gasteiger partial charge in [-0.1, -0.05) is 6.07 Å². The Labute approximate surface area is 159 Å². The summed E-state index contributed by atoms with van der Waals surface area (Å²) in [6.45, 7) is 11.2. The lowest BCUT2D eigenvalue weighted by atomic mass is 9.98. The number of hydrogen-bond acceptors (Lipinski definition) is 6. The number of nitrogens with one attached hydrogen (secondary N) is 1. The zero-order valence-corrected chi connectivity index (χ0v) is 16.6. The number of fused-ring (bicyclic) bond motifs is 3. The topological polar surface area (TPSA) is 75.3 Å². The number of benzene rings is 1. The van der Waals surface area contributed by atoms with Gasteiger partial charge in [0.05, 0.1) is 0 Å². The molecule has 0 saturated carbocycles. The average molecular weight is 377 g/mol. The van der Waals surface area contributed by atoms with E-state index in [2.05, 4.69) is 11.4 Å². The lowest BCUT2D eigenvalue weighted by molar-refractivity contribution is -0.229. The average Bonchev–Trinajstić information content (AvgIpc) is 2.99. The van der Waals surface area contributed by atoms with Crippen LogP contribution in [0.2, 0.25) is 0 Å². The Bertz CT molecular complexity index is 741. The Morgan fingerprint density at radius 3 is 2.07 bits per heavy atom. The summed E-state index contributed by atoms with van der Waals surface area (Å²) in [6.07, 6.45) is -3.03. The largest absolute Gasteiger partial charge is 0.342 e. The number of rotatable bonds is 2. The Balaban J connectivity index is 1.59. The van der Waals surface area contributed by atoms with E-state index in [1.165, 1.54) is 0 Å². The van der Waals surface area contributed by atoms with Crippen molar-refractivity contribution in [1.29, 1.82) is 0 Å². The minimum absolute atomic E-state index is 0.289. The summed E-state index contributed by atoms with van der Waals surface area (Å²) >= 11 is 0. The molecule has 3 fully saturated rings. The van der Waals surface area contributed by atoms with Crippen LogP contribution in [0.1, 0.15) is 38.8 Å². The second-order valence-electron chi connectivity index (χ2n) is 8.46. The van der Waals surface area contributed by atoms with Gasteiger partial charge in [-0.15, -0.1) is 0 Å². The van der Waals surface area contributed by atoms with E-state index in [0.717, 1.165) is 16.8 Å². The van der Waals surface area contributed by atoms with Crippen LogP contribution >= 0.6 is 0 Å². The van der Waals surface area contributed by atoms with Crippen LogP contribution in [-0.2, 0) is 28.5 Å². The molecular weight excluding hydrogens is 350 g/mol. The molecular formula is C20H27NO6. The van der Waals surface area contributed by atoms with Crippen molar-refractivity contribution in [1.82, 2.24) is 0 Å². The highest BCUT2D eigenvalue weighted by Crippen LogP contribution is 2.44. The van der Waals surface area contributed by atoms with Gasteiger partial charge in [-0.05, 0) is 64.8 Å². The maximum atomic E-state index is 13.0. The lowest BCUT2D eigenvalue weighted by Crippen LogP contribution is -2.58. The highest BCUT2D eigenvalue weighted by Gasteiger charge is 2.62.